The van der Waals surface area contributed by atoms with Gasteiger partial charge in [0.15, 0.2) is 0 Å². The van der Waals surface area contributed by atoms with Crippen molar-refractivity contribution in [2.45, 2.75) is 11.4 Å². The molecule has 0 unspecified atom stereocenters. The van der Waals surface area contributed by atoms with Gasteiger partial charge in [0.25, 0.3) is 5.91 Å². The second-order valence-electron chi connectivity index (χ2n) is 5.51. The number of hydrogen-bond acceptors (Lipinski definition) is 4. The van der Waals surface area contributed by atoms with Gasteiger partial charge in [0.05, 0.1) is 23.3 Å². The van der Waals surface area contributed by atoms with Gasteiger partial charge in [-0.15, -0.1) is 0 Å². The number of carbonyl (C=O) groups is 1. The molecule has 2 N–H and O–H groups in total. The van der Waals surface area contributed by atoms with Crippen LogP contribution in [-0.4, -0.2) is 14.3 Å². The van der Waals surface area contributed by atoms with E-state index >= 15 is 0 Å². The topological polar surface area (TPSA) is 88.4 Å². The number of hydrogen-bond donors (Lipinski definition) is 2. The Morgan fingerprint density at radius 2 is 1.85 bits per heavy atom. The van der Waals surface area contributed by atoms with Crippen molar-refractivity contribution in [2.24, 2.45) is 0 Å². The van der Waals surface area contributed by atoms with E-state index in [-0.39, 0.29) is 17.1 Å². The third-order valence-corrected chi connectivity index (χ3v) is 4.99. The zero-order valence-electron chi connectivity index (χ0n) is 13.8. The van der Waals surface area contributed by atoms with E-state index in [1.54, 1.807) is 12.1 Å². The largest absolute Gasteiger partial charge is 0.468 e. The second-order valence-corrected chi connectivity index (χ2v) is 7.28. The van der Waals surface area contributed by atoms with Gasteiger partial charge in [-0.25, -0.2) is 21.9 Å². The summed E-state index contributed by atoms with van der Waals surface area (Å²) < 4.78 is 59.1. The second kappa shape index (κ2) is 7.68. The minimum atomic E-state index is -3.87. The van der Waals surface area contributed by atoms with E-state index in [1.165, 1.54) is 30.5 Å². The van der Waals surface area contributed by atoms with Crippen molar-refractivity contribution in [3.8, 4) is 0 Å². The van der Waals surface area contributed by atoms with Gasteiger partial charge in [-0.3, -0.25) is 4.79 Å². The summed E-state index contributed by atoms with van der Waals surface area (Å²) in [6.45, 7) is -0.0412. The summed E-state index contributed by atoms with van der Waals surface area (Å²) >= 11 is 0. The highest BCUT2D eigenvalue weighted by atomic mass is 32.2. The standard InChI is InChI=1S/C18H14F2N2O4S/c19-12-6-7-17(20)16(9-12)18(23)22-13-3-1-5-15(10-13)27(24,25)21-11-14-4-2-8-26-14/h1-10,21H,11H2,(H,22,23). The van der Waals surface area contributed by atoms with Crippen molar-refractivity contribution in [3.63, 3.8) is 0 Å². The molecule has 1 amide bonds. The lowest BCUT2D eigenvalue weighted by atomic mass is 10.2. The normalized spacial score (nSPS) is 11.3. The van der Waals surface area contributed by atoms with Crippen molar-refractivity contribution in [1.29, 1.82) is 0 Å². The van der Waals surface area contributed by atoms with Crippen molar-refractivity contribution in [3.05, 3.63) is 83.8 Å². The van der Waals surface area contributed by atoms with Crippen LogP contribution in [0.2, 0.25) is 0 Å². The Morgan fingerprint density at radius 1 is 1.04 bits per heavy atom. The number of sulfonamides is 1. The molecule has 6 nitrogen and oxygen atoms in total. The van der Waals surface area contributed by atoms with Crippen LogP contribution in [0.15, 0.2) is 70.2 Å². The van der Waals surface area contributed by atoms with E-state index in [0.29, 0.717) is 5.76 Å². The Hall–Kier alpha value is -3.04. The predicted molar refractivity (Wildman–Crippen MR) is 93.5 cm³/mol. The first-order chi connectivity index (χ1) is 12.8. The van der Waals surface area contributed by atoms with Gasteiger partial charge in [-0.1, -0.05) is 6.07 Å². The van der Waals surface area contributed by atoms with Crippen LogP contribution >= 0.6 is 0 Å². The molecule has 0 fully saturated rings. The Labute approximate surface area is 153 Å². The molecule has 3 aromatic rings. The molecule has 0 radical (unpaired) electrons. The molecule has 0 saturated heterocycles. The maximum absolute atomic E-state index is 13.7. The van der Waals surface area contributed by atoms with Crippen LogP contribution in [0.3, 0.4) is 0 Å². The maximum atomic E-state index is 13.7. The number of rotatable bonds is 6. The molecule has 0 spiro atoms. The van der Waals surface area contributed by atoms with E-state index in [9.17, 15) is 22.0 Å². The van der Waals surface area contributed by atoms with Crippen LogP contribution in [0.25, 0.3) is 0 Å². The zero-order chi connectivity index (χ0) is 19.4. The summed E-state index contributed by atoms with van der Waals surface area (Å²) in [7, 11) is -3.87. The summed E-state index contributed by atoms with van der Waals surface area (Å²) in [6.07, 6.45) is 1.42. The third-order valence-electron chi connectivity index (χ3n) is 3.59. The highest BCUT2D eigenvalue weighted by Gasteiger charge is 2.17. The molecular formula is C18H14F2N2O4S. The Kier molecular flexibility index (Phi) is 5.33. The monoisotopic (exact) mass is 392 g/mol. The summed E-state index contributed by atoms with van der Waals surface area (Å²) in [6, 6.07) is 11.1. The number of carbonyl (C=O) groups excluding carboxylic acids is 1. The van der Waals surface area contributed by atoms with E-state index in [2.05, 4.69) is 10.0 Å². The van der Waals surface area contributed by atoms with Crippen LogP contribution in [0.5, 0.6) is 0 Å². The van der Waals surface area contributed by atoms with Crippen LogP contribution in [0.1, 0.15) is 16.1 Å². The average molecular weight is 392 g/mol. The molecule has 3 rings (SSSR count). The number of benzene rings is 2. The highest BCUT2D eigenvalue weighted by molar-refractivity contribution is 7.89. The van der Waals surface area contributed by atoms with Gasteiger partial charge in [0, 0.05) is 5.69 Å². The number of nitrogens with one attached hydrogen (secondary N) is 2. The lowest BCUT2D eigenvalue weighted by Gasteiger charge is -2.09. The fraction of sp³-hybridized carbons (Fsp3) is 0.0556. The first kappa shape index (κ1) is 18.7. The van der Waals surface area contributed by atoms with Crippen LogP contribution in [0, 0.1) is 11.6 Å². The predicted octanol–water partition coefficient (Wildman–Crippen LogP) is 3.29. The van der Waals surface area contributed by atoms with Gasteiger partial charge in [0.2, 0.25) is 10.0 Å². The summed E-state index contributed by atoms with van der Waals surface area (Å²) in [5.41, 5.74) is -0.372. The summed E-state index contributed by atoms with van der Waals surface area (Å²) in [5, 5.41) is 2.35. The SMILES string of the molecule is O=C(Nc1cccc(S(=O)(=O)NCc2ccco2)c1)c1cc(F)ccc1F. The number of halogens is 2. The molecule has 1 heterocycles. The minimum Gasteiger partial charge on any atom is -0.468 e. The summed E-state index contributed by atoms with van der Waals surface area (Å²) in [5.74, 6) is -2.12. The summed E-state index contributed by atoms with van der Waals surface area (Å²) in [4.78, 5) is 12.0. The van der Waals surface area contributed by atoms with E-state index in [0.717, 1.165) is 18.2 Å². The van der Waals surface area contributed by atoms with E-state index < -0.39 is 33.1 Å². The highest BCUT2D eigenvalue weighted by Crippen LogP contribution is 2.18. The first-order valence-electron chi connectivity index (χ1n) is 7.74. The van der Waals surface area contributed by atoms with Crippen molar-refractivity contribution < 1.29 is 26.4 Å². The van der Waals surface area contributed by atoms with E-state index in [1.807, 2.05) is 0 Å². The molecule has 0 aliphatic rings. The minimum absolute atomic E-state index is 0.0412. The Morgan fingerprint density at radius 3 is 2.59 bits per heavy atom. The molecular weight excluding hydrogens is 378 g/mol. The molecule has 0 bridgehead atoms. The van der Waals surface area contributed by atoms with Gasteiger partial charge in [-0.05, 0) is 48.5 Å². The fourth-order valence-electron chi connectivity index (χ4n) is 2.27. The van der Waals surface area contributed by atoms with Gasteiger partial charge in [-0.2, -0.15) is 0 Å². The average Bonchev–Trinajstić information content (AvgIpc) is 3.16. The molecule has 0 saturated carbocycles. The fourth-order valence-corrected chi connectivity index (χ4v) is 3.31. The quantitative estimate of drug-likeness (QED) is 0.674. The molecule has 2 aromatic carbocycles. The molecule has 0 aliphatic heterocycles. The molecule has 27 heavy (non-hydrogen) atoms. The lowest BCUT2D eigenvalue weighted by molar-refractivity contribution is 0.102. The zero-order valence-corrected chi connectivity index (χ0v) is 14.6. The molecule has 140 valence electrons. The van der Waals surface area contributed by atoms with Gasteiger partial charge in [0.1, 0.15) is 17.4 Å². The van der Waals surface area contributed by atoms with Gasteiger partial charge >= 0.3 is 0 Å². The smallest absolute Gasteiger partial charge is 0.258 e. The Bertz CT molecular complexity index is 1070. The first-order valence-corrected chi connectivity index (χ1v) is 9.22. The van der Waals surface area contributed by atoms with Crippen molar-refractivity contribution >= 4 is 21.6 Å². The van der Waals surface area contributed by atoms with Crippen LogP contribution in [-0.2, 0) is 16.6 Å². The lowest BCUT2D eigenvalue weighted by Crippen LogP contribution is -2.23. The molecule has 0 aliphatic carbocycles. The van der Waals surface area contributed by atoms with Crippen LogP contribution in [0.4, 0.5) is 14.5 Å². The number of amides is 1. The maximum Gasteiger partial charge on any atom is 0.258 e. The molecule has 0 atom stereocenters. The third kappa shape index (κ3) is 4.57. The number of anilines is 1. The molecule has 1 aromatic heterocycles. The van der Waals surface area contributed by atoms with Gasteiger partial charge < -0.3 is 9.73 Å². The van der Waals surface area contributed by atoms with E-state index in [4.69, 9.17) is 4.42 Å². The van der Waals surface area contributed by atoms with Crippen molar-refractivity contribution in [1.82, 2.24) is 4.72 Å². The Balaban J connectivity index is 1.76. The molecule has 9 heteroatoms. The van der Waals surface area contributed by atoms with Crippen molar-refractivity contribution in [2.75, 3.05) is 5.32 Å². The van der Waals surface area contributed by atoms with Crippen LogP contribution < -0.4 is 10.0 Å². The number of furan rings is 1.